The summed E-state index contributed by atoms with van der Waals surface area (Å²) in [5.41, 5.74) is 1.64. The van der Waals surface area contributed by atoms with Crippen LogP contribution in [0.4, 0.5) is 0 Å². The van der Waals surface area contributed by atoms with E-state index in [9.17, 15) is 0 Å². The molecule has 0 spiro atoms. The Morgan fingerprint density at radius 1 is 1.10 bits per heavy atom. The van der Waals surface area contributed by atoms with Crippen LogP contribution in [0.25, 0.3) is 0 Å². The summed E-state index contributed by atoms with van der Waals surface area (Å²) in [5.74, 6) is 0. The molecule has 1 aliphatic carbocycles. The Hall–Kier alpha value is -0.570. The van der Waals surface area contributed by atoms with Crippen molar-refractivity contribution in [2.24, 2.45) is 0 Å². The summed E-state index contributed by atoms with van der Waals surface area (Å²) in [6, 6.07) is 8.82. The zero-order chi connectivity index (χ0) is 14.7. The Labute approximate surface area is 133 Å². The van der Waals surface area contributed by atoms with Gasteiger partial charge < -0.3 is 5.32 Å². The predicted molar refractivity (Wildman–Crippen MR) is 89.9 cm³/mol. The molecule has 0 amide bonds. The van der Waals surface area contributed by atoms with Gasteiger partial charge in [-0.3, -0.25) is 4.90 Å². The van der Waals surface area contributed by atoms with Crippen LogP contribution in [0.3, 0.4) is 0 Å². The van der Waals surface area contributed by atoms with Crippen LogP contribution in [0.2, 0.25) is 5.02 Å². The standard InChI is InChI=1S/C18H27ClN2/c1-20-17(15-8-7-9-16(19)14-15)18(10-3-4-11-18)21-12-5-2-6-13-21/h7-9,14,17,20H,2-6,10-13H2,1H3. The highest BCUT2D eigenvalue weighted by Crippen LogP contribution is 2.45. The molecule has 1 aromatic carbocycles. The van der Waals surface area contributed by atoms with E-state index in [4.69, 9.17) is 11.6 Å². The first-order valence-electron chi connectivity index (χ1n) is 8.44. The zero-order valence-corrected chi connectivity index (χ0v) is 13.8. The molecule has 1 saturated carbocycles. The molecular weight excluding hydrogens is 280 g/mol. The molecule has 0 radical (unpaired) electrons. The molecule has 2 fully saturated rings. The van der Waals surface area contributed by atoms with E-state index in [0.29, 0.717) is 11.6 Å². The van der Waals surface area contributed by atoms with Gasteiger partial charge in [-0.05, 0) is 63.5 Å². The van der Waals surface area contributed by atoms with E-state index in [0.717, 1.165) is 5.02 Å². The van der Waals surface area contributed by atoms with E-state index >= 15 is 0 Å². The molecule has 0 bridgehead atoms. The van der Waals surface area contributed by atoms with Crippen molar-refractivity contribution in [2.45, 2.75) is 56.5 Å². The van der Waals surface area contributed by atoms with Gasteiger partial charge in [0.05, 0.1) is 6.04 Å². The second-order valence-corrected chi connectivity index (χ2v) is 7.07. The number of nitrogens with zero attached hydrogens (tertiary/aromatic N) is 1. The molecule has 1 aliphatic heterocycles. The van der Waals surface area contributed by atoms with E-state index in [1.54, 1.807) is 0 Å². The Balaban J connectivity index is 1.93. The second kappa shape index (κ2) is 6.68. The first kappa shape index (κ1) is 15.3. The first-order valence-corrected chi connectivity index (χ1v) is 8.82. The van der Waals surface area contributed by atoms with Crippen LogP contribution in [0.1, 0.15) is 56.6 Å². The van der Waals surface area contributed by atoms with Crippen LogP contribution < -0.4 is 5.32 Å². The van der Waals surface area contributed by atoms with Crippen molar-refractivity contribution in [3.63, 3.8) is 0 Å². The van der Waals surface area contributed by atoms with Crippen LogP contribution >= 0.6 is 11.6 Å². The van der Waals surface area contributed by atoms with Crippen molar-refractivity contribution < 1.29 is 0 Å². The number of benzene rings is 1. The lowest BCUT2D eigenvalue weighted by molar-refractivity contribution is 0.0384. The molecule has 3 rings (SSSR count). The maximum absolute atomic E-state index is 6.24. The van der Waals surface area contributed by atoms with Gasteiger partial charge in [0.25, 0.3) is 0 Å². The third-order valence-electron chi connectivity index (χ3n) is 5.46. The molecule has 1 aromatic rings. The summed E-state index contributed by atoms with van der Waals surface area (Å²) >= 11 is 6.24. The lowest BCUT2D eigenvalue weighted by atomic mass is 9.81. The van der Waals surface area contributed by atoms with Crippen molar-refractivity contribution in [3.8, 4) is 0 Å². The molecule has 2 aliphatic rings. The highest BCUT2D eigenvalue weighted by molar-refractivity contribution is 6.30. The number of halogens is 1. The molecular formula is C18H27ClN2. The summed E-state index contributed by atoms with van der Waals surface area (Å²) in [5, 5.41) is 4.47. The molecule has 3 heteroatoms. The number of hydrogen-bond acceptors (Lipinski definition) is 2. The van der Waals surface area contributed by atoms with Crippen molar-refractivity contribution in [1.29, 1.82) is 0 Å². The quantitative estimate of drug-likeness (QED) is 0.887. The summed E-state index contributed by atoms with van der Waals surface area (Å²) in [6.07, 6.45) is 9.44. The van der Waals surface area contributed by atoms with Gasteiger partial charge in [0.15, 0.2) is 0 Å². The maximum Gasteiger partial charge on any atom is 0.0505 e. The van der Waals surface area contributed by atoms with Gasteiger partial charge >= 0.3 is 0 Å². The van der Waals surface area contributed by atoms with Gasteiger partial charge in [0, 0.05) is 10.6 Å². The van der Waals surface area contributed by atoms with Gasteiger partial charge in [-0.1, -0.05) is 43.0 Å². The number of likely N-dealkylation sites (N-methyl/N-ethyl adjacent to an activating group) is 1. The van der Waals surface area contributed by atoms with Crippen LogP contribution in [0, 0.1) is 0 Å². The Kier molecular flexibility index (Phi) is 4.88. The molecule has 1 N–H and O–H groups in total. The number of rotatable bonds is 4. The average Bonchev–Trinajstić information content (AvgIpc) is 3.00. The minimum atomic E-state index is 0.292. The smallest absolute Gasteiger partial charge is 0.0505 e. The van der Waals surface area contributed by atoms with Gasteiger partial charge in [-0.2, -0.15) is 0 Å². The van der Waals surface area contributed by atoms with Gasteiger partial charge in [0.1, 0.15) is 0 Å². The van der Waals surface area contributed by atoms with Crippen LogP contribution in [-0.2, 0) is 0 Å². The van der Waals surface area contributed by atoms with Crippen molar-refractivity contribution in [3.05, 3.63) is 34.9 Å². The van der Waals surface area contributed by atoms with E-state index < -0.39 is 0 Å². The summed E-state index contributed by atoms with van der Waals surface area (Å²) in [6.45, 7) is 2.53. The highest BCUT2D eigenvalue weighted by atomic mass is 35.5. The monoisotopic (exact) mass is 306 g/mol. The van der Waals surface area contributed by atoms with Crippen molar-refractivity contribution >= 4 is 11.6 Å². The lowest BCUT2D eigenvalue weighted by Crippen LogP contribution is -2.56. The first-order chi connectivity index (χ1) is 10.3. The number of hydrogen-bond donors (Lipinski definition) is 1. The van der Waals surface area contributed by atoms with Crippen molar-refractivity contribution in [1.82, 2.24) is 10.2 Å². The third-order valence-corrected chi connectivity index (χ3v) is 5.70. The van der Waals surface area contributed by atoms with Crippen molar-refractivity contribution in [2.75, 3.05) is 20.1 Å². The number of nitrogens with one attached hydrogen (secondary N) is 1. The fraction of sp³-hybridized carbons (Fsp3) is 0.667. The summed E-state index contributed by atoms with van der Waals surface area (Å²) in [4.78, 5) is 2.78. The number of likely N-dealkylation sites (tertiary alicyclic amines) is 1. The zero-order valence-electron chi connectivity index (χ0n) is 13.1. The van der Waals surface area contributed by atoms with Gasteiger partial charge in [-0.25, -0.2) is 0 Å². The second-order valence-electron chi connectivity index (χ2n) is 6.64. The summed E-state index contributed by atoms with van der Waals surface area (Å²) < 4.78 is 0. The molecule has 0 aromatic heterocycles. The predicted octanol–water partition coefficient (Wildman–Crippen LogP) is 4.40. The molecule has 21 heavy (non-hydrogen) atoms. The lowest BCUT2D eigenvalue weighted by Gasteiger charge is -2.48. The normalized spacial score (nSPS) is 24.1. The SMILES string of the molecule is CNC(c1cccc(Cl)c1)C1(N2CCCCC2)CCCC1. The van der Waals surface area contributed by atoms with Crippen LogP contribution in [0.15, 0.2) is 24.3 Å². The van der Waals surface area contributed by atoms with E-state index in [-0.39, 0.29) is 0 Å². The largest absolute Gasteiger partial charge is 0.311 e. The topological polar surface area (TPSA) is 15.3 Å². The molecule has 116 valence electrons. The van der Waals surface area contributed by atoms with E-state index in [2.05, 4.69) is 35.5 Å². The molecule has 1 saturated heterocycles. The Morgan fingerprint density at radius 2 is 1.81 bits per heavy atom. The molecule has 1 atom stereocenters. The van der Waals surface area contributed by atoms with Gasteiger partial charge in [-0.15, -0.1) is 0 Å². The minimum Gasteiger partial charge on any atom is -0.311 e. The Morgan fingerprint density at radius 3 is 2.43 bits per heavy atom. The fourth-order valence-corrected chi connectivity index (χ4v) is 4.74. The fourth-order valence-electron chi connectivity index (χ4n) is 4.55. The molecule has 2 nitrogen and oxygen atoms in total. The summed E-state index contributed by atoms with van der Waals surface area (Å²) in [7, 11) is 2.11. The average molecular weight is 307 g/mol. The van der Waals surface area contributed by atoms with E-state index in [1.165, 1.54) is 63.6 Å². The van der Waals surface area contributed by atoms with E-state index in [1.807, 2.05) is 6.07 Å². The maximum atomic E-state index is 6.24. The minimum absolute atomic E-state index is 0.292. The number of piperidine rings is 1. The van der Waals surface area contributed by atoms with Crippen LogP contribution in [-0.4, -0.2) is 30.6 Å². The molecule has 1 unspecified atom stereocenters. The Bertz CT molecular complexity index is 462. The van der Waals surface area contributed by atoms with Crippen LogP contribution in [0.5, 0.6) is 0 Å². The molecule has 1 heterocycles. The third kappa shape index (κ3) is 2.99. The van der Waals surface area contributed by atoms with Gasteiger partial charge in [0.2, 0.25) is 0 Å². The highest BCUT2D eigenvalue weighted by Gasteiger charge is 2.46.